The number of ether oxygens (including phenoxy) is 2. The number of hydrogen-bond acceptors (Lipinski definition) is 5. The van der Waals surface area contributed by atoms with E-state index in [0.717, 1.165) is 0 Å². The van der Waals surface area contributed by atoms with E-state index in [1.54, 1.807) is 37.2 Å². The van der Waals surface area contributed by atoms with Gasteiger partial charge in [0.05, 0.1) is 25.8 Å². The standard InChI is InChI=1S/C15H21N3O4/c1-17(2)15(20)22-12-7-8-18(10-12)14(19)9-11-5-4-6-13(16-11)21-3/h4-6,12H,7-10H2,1-3H3. The number of likely N-dealkylation sites (tertiary alicyclic amines) is 1. The molecular formula is C15H21N3O4. The number of methoxy groups -OCH3 is 1. The van der Waals surface area contributed by atoms with E-state index in [-0.39, 0.29) is 24.5 Å². The van der Waals surface area contributed by atoms with Gasteiger partial charge in [-0.25, -0.2) is 9.78 Å². The zero-order valence-corrected chi connectivity index (χ0v) is 13.1. The third kappa shape index (κ3) is 4.09. The van der Waals surface area contributed by atoms with Crippen molar-refractivity contribution in [2.24, 2.45) is 0 Å². The van der Waals surface area contributed by atoms with Gasteiger partial charge in [-0.15, -0.1) is 0 Å². The van der Waals surface area contributed by atoms with E-state index in [1.807, 2.05) is 0 Å². The number of pyridine rings is 1. The fourth-order valence-corrected chi connectivity index (χ4v) is 2.24. The van der Waals surface area contributed by atoms with Gasteiger partial charge in [0.2, 0.25) is 11.8 Å². The van der Waals surface area contributed by atoms with E-state index in [1.165, 1.54) is 12.0 Å². The molecule has 1 aromatic rings. The second-order valence-corrected chi connectivity index (χ2v) is 5.38. The van der Waals surface area contributed by atoms with Crippen molar-refractivity contribution in [1.29, 1.82) is 0 Å². The highest BCUT2D eigenvalue weighted by Gasteiger charge is 2.29. The Hall–Kier alpha value is -2.31. The monoisotopic (exact) mass is 307 g/mol. The van der Waals surface area contributed by atoms with Gasteiger partial charge in [0.25, 0.3) is 0 Å². The number of nitrogens with zero attached hydrogens (tertiary/aromatic N) is 3. The topological polar surface area (TPSA) is 72.0 Å². The molecular weight excluding hydrogens is 286 g/mol. The molecule has 0 aliphatic carbocycles. The molecule has 0 aromatic carbocycles. The van der Waals surface area contributed by atoms with Gasteiger partial charge in [0.1, 0.15) is 6.10 Å². The highest BCUT2D eigenvalue weighted by Crippen LogP contribution is 2.15. The summed E-state index contributed by atoms with van der Waals surface area (Å²) < 4.78 is 10.3. The summed E-state index contributed by atoms with van der Waals surface area (Å²) in [7, 11) is 4.81. The van der Waals surface area contributed by atoms with Crippen molar-refractivity contribution >= 4 is 12.0 Å². The average Bonchev–Trinajstić information content (AvgIpc) is 2.96. The van der Waals surface area contributed by atoms with E-state index in [9.17, 15) is 9.59 Å². The largest absolute Gasteiger partial charge is 0.481 e. The number of carbonyl (C=O) groups excluding carboxylic acids is 2. The molecule has 2 rings (SSSR count). The van der Waals surface area contributed by atoms with Crippen molar-refractivity contribution < 1.29 is 19.1 Å². The van der Waals surface area contributed by atoms with Crippen LogP contribution in [0, 0.1) is 0 Å². The van der Waals surface area contributed by atoms with Gasteiger partial charge < -0.3 is 19.3 Å². The second-order valence-electron chi connectivity index (χ2n) is 5.38. The van der Waals surface area contributed by atoms with Crippen LogP contribution in [0.4, 0.5) is 4.79 Å². The quantitative estimate of drug-likeness (QED) is 0.827. The summed E-state index contributed by atoms with van der Waals surface area (Å²) in [6, 6.07) is 5.33. The third-order valence-corrected chi connectivity index (χ3v) is 3.45. The van der Waals surface area contributed by atoms with Gasteiger partial charge in [0, 0.05) is 33.1 Å². The Kier molecular flexibility index (Phi) is 5.19. The zero-order chi connectivity index (χ0) is 16.1. The normalized spacial score (nSPS) is 17.2. The number of rotatable bonds is 4. The maximum Gasteiger partial charge on any atom is 0.409 e. The Labute approximate surface area is 129 Å². The van der Waals surface area contributed by atoms with Gasteiger partial charge in [-0.2, -0.15) is 0 Å². The molecule has 22 heavy (non-hydrogen) atoms. The fraction of sp³-hybridized carbons (Fsp3) is 0.533. The molecule has 1 fully saturated rings. The minimum Gasteiger partial charge on any atom is -0.481 e. The molecule has 0 saturated carbocycles. The van der Waals surface area contributed by atoms with Crippen LogP contribution in [0.5, 0.6) is 5.88 Å². The van der Waals surface area contributed by atoms with Crippen LogP contribution in [0.1, 0.15) is 12.1 Å². The van der Waals surface area contributed by atoms with Crippen LogP contribution < -0.4 is 4.74 Å². The Balaban J connectivity index is 1.87. The first-order valence-electron chi connectivity index (χ1n) is 7.15. The van der Waals surface area contributed by atoms with Crippen LogP contribution in [0.15, 0.2) is 18.2 Å². The lowest BCUT2D eigenvalue weighted by Gasteiger charge is -2.18. The molecule has 1 saturated heterocycles. The van der Waals surface area contributed by atoms with Crippen molar-refractivity contribution in [3.05, 3.63) is 23.9 Å². The van der Waals surface area contributed by atoms with Gasteiger partial charge in [-0.05, 0) is 6.07 Å². The first-order valence-corrected chi connectivity index (χ1v) is 7.15. The molecule has 1 aliphatic rings. The molecule has 1 aromatic heterocycles. The van der Waals surface area contributed by atoms with Crippen LogP contribution in [-0.4, -0.2) is 67.2 Å². The van der Waals surface area contributed by atoms with Gasteiger partial charge in [-0.3, -0.25) is 4.79 Å². The third-order valence-electron chi connectivity index (χ3n) is 3.45. The van der Waals surface area contributed by atoms with E-state index in [2.05, 4.69) is 4.98 Å². The molecule has 0 bridgehead atoms. The highest BCUT2D eigenvalue weighted by atomic mass is 16.6. The number of aromatic nitrogens is 1. The van der Waals surface area contributed by atoms with E-state index in [0.29, 0.717) is 31.1 Å². The molecule has 7 nitrogen and oxygen atoms in total. The van der Waals surface area contributed by atoms with Gasteiger partial charge in [-0.1, -0.05) is 6.07 Å². The Morgan fingerprint density at radius 1 is 1.41 bits per heavy atom. The van der Waals surface area contributed by atoms with Crippen LogP contribution in [0.25, 0.3) is 0 Å². The molecule has 2 amide bonds. The van der Waals surface area contributed by atoms with Gasteiger partial charge >= 0.3 is 6.09 Å². The average molecular weight is 307 g/mol. The summed E-state index contributed by atoms with van der Waals surface area (Å²) in [5.41, 5.74) is 0.665. The minimum absolute atomic E-state index is 0.0239. The summed E-state index contributed by atoms with van der Waals surface area (Å²) in [6.07, 6.45) is 0.258. The summed E-state index contributed by atoms with van der Waals surface area (Å²) in [6.45, 7) is 1.02. The predicted molar refractivity (Wildman–Crippen MR) is 79.6 cm³/mol. The minimum atomic E-state index is -0.381. The Bertz CT molecular complexity index is 547. The summed E-state index contributed by atoms with van der Waals surface area (Å²) in [5.74, 6) is 0.466. The second kappa shape index (κ2) is 7.11. The van der Waals surface area contributed by atoms with Crippen molar-refractivity contribution in [1.82, 2.24) is 14.8 Å². The fourth-order valence-electron chi connectivity index (χ4n) is 2.24. The molecule has 1 aliphatic heterocycles. The molecule has 0 spiro atoms. The number of carbonyl (C=O) groups is 2. The number of amides is 2. The summed E-state index contributed by atoms with van der Waals surface area (Å²) in [5, 5.41) is 0. The Morgan fingerprint density at radius 2 is 2.18 bits per heavy atom. The van der Waals surface area contributed by atoms with Crippen LogP contribution in [0.3, 0.4) is 0 Å². The van der Waals surface area contributed by atoms with E-state index >= 15 is 0 Å². The molecule has 120 valence electrons. The maximum absolute atomic E-state index is 12.3. The first-order chi connectivity index (χ1) is 10.5. The van der Waals surface area contributed by atoms with E-state index in [4.69, 9.17) is 9.47 Å². The molecule has 1 atom stereocenters. The van der Waals surface area contributed by atoms with Crippen molar-refractivity contribution in [3.63, 3.8) is 0 Å². The zero-order valence-electron chi connectivity index (χ0n) is 13.1. The van der Waals surface area contributed by atoms with Crippen LogP contribution in [0.2, 0.25) is 0 Å². The molecule has 7 heteroatoms. The maximum atomic E-state index is 12.3. The van der Waals surface area contributed by atoms with Gasteiger partial charge in [0.15, 0.2) is 0 Å². The first kappa shape index (κ1) is 16.1. The van der Waals surface area contributed by atoms with Crippen LogP contribution >= 0.6 is 0 Å². The van der Waals surface area contributed by atoms with Crippen molar-refractivity contribution in [2.75, 3.05) is 34.3 Å². The summed E-state index contributed by atoms with van der Waals surface area (Å²) >= 11 is 0. The summed E-state index contributed by atoms with van der Waals surface area (Å²) in [4.78, 5) is 31.1. The lowest BCUT2D eigenvalue weighted by molar-refractivity contribution is -0.129. The number of hydrogen-bond donors (Lipinski definition) is 0. The lowest BCUT2D eigenvalue weighted by atomic mass is 10.2. The molecule has 0 radical (unpaired) electrons. The lowest BCUT2D eigenvalue weighted by Crippen LogP contribution is -2.33. The predicted octanol–water partition coefficient (Wildman–Crippen LogP) is 0.932. The Morgan fingerprint density at radius 3 is 2.86 bits per heavy atom. The molecule has 1 unspecified atom stereocenters. The van der Waals surface area contributed by atoms with Crippen LogP contribution in [-0.2, 0) is 16.0 Å². The molecule has 0 N–H and O–H groups in total. The highest BCUT2D eigenvalue weighted by molar-refractivity contribution is 5.78. The van der Waals surface area contributed by atoms with Crippen molar-refractivity contribution in [3.8, 4) is 5.88 Å². The van der Waals surface area contributed by atoms with E-state index < -0.39 is 0 Å². The smallest absolute Gasteiger partial charge is 0.409 e. The SMILES string of the molecule is COc1cccc(CC(=O)N2CCC(OC(=O)N(C)C)C2)n1. The van der Waals surface area contributed by atoms with Crippen molar-refractivity contribution in [2.45, 2.75) is 18.9 Å². The molecule has 2 heterocycles.